The molecule has 1 aliphatic heterocycles. The third-order valence-electron chi connectivity index (χ3n) is 4.64. The molecule has 1 heterocycles. The summed E-state index contributed by atoms with van der Waals surface area (Å²) in [6, 6.07) is 0.974. The van der Waals surface area contributed by atoms with Crippen LogP contribution in [0.25, 0.3) is 0 Å². The van der Waals surface area contributed by atoms with E-state index in [1.807, 2.05) is 0 Å². The standard InChI is InChI=1S/C13H27N3/c1-13(2)6-4-5-11(12(13)14)16-9-7-15(3)8-10-16/h11-12H,4-10,14H2,1-3H3. The smallest absolute Gasteiger partial charge is 0.0253 e. The van der Waals surface area contributed by atoms with E-state index in [0.29, 0.717) is 17.5 Å². The molecule has 1 saturated heterocycles. The number of hydrogen-bond donors (Lipinski definition) is 1. The molecule has 94 valence electrons. The van der Waals surface area contributed by atoms with Crippen LogP contribution in [-0.2, 0) is 0 Å². The molecule has 0 amide bonds. The van der Waals surface area contributed by atoms with Gasteiger partial charge in [0.25, 0.3) is 0 Å². The molecule has 3 nitrogen and oxygen atoms in total. The second kappa shape index (κ2) is 4.63. The molecule has 2 unspecified atom stereocenters. The van der Waals surface area contributed by atoms with E-state index in [1.165, 1.54) is 45.4 Å². The normalized spacial score (nSPS) is 37.5. The van der Waals surface area contributed by atoms with Gasteiger partial charge in [-0.15, -0.1) is 0 Å². The number of likely N-dealkylation sites (N-methyl/N-ethyl adjacent to an activating group) is 1. The van der Waals surface area contributed by atoms with Gasteiger partial charge >= 0.3 is 0 Å². The van der Waals surface area contributed by atoms with Crippen LogP contribution in [-0.4, -0.2) is 55.1 Å². The molecule has 2 fully saturated rings. The van der Waals surface area contributed by atoms with Crippen LogP contribution in [0.4, 0.5) is 0 Å². The summed E-state index contributed by atoms with van der Waals surface area (Å²) in [6.45, 7) is 9.46. The van der Waals surface area contributed by atoms with E-state index >= 15 is 0 Å². The Labute approximate surface area is 100.0 Å². The molecule has 1 saturated carbocycles. The highest BCUT2D eigenvalue weighted by Crippen LogP contribution is 2.36. The van der Waals surface area contributed by atoms with Gasteiger partial charge in [-0.2, -0.15) is 0 Å². The van der Waals surface area contributed by atoms with E-state index in [9.17, 15) is 0 Å². The van der Waals surface area contributed by atoms with Gasteiger partial charge in [0, 0.05) is 38.3 Å². The van der Waals surface area contributed by atoms with Crippen LogP contribution in [0.15, 0.2) is 0 Å². The number of hydrogen-bond acceptors (Lipinski definition) is 3. The Morgan fingerprint density at radius 3 is 2.38 bits per heavy atom. The first kappa shape index (κ1) is 12.3. The van der Waals surface area contributed by atoms with Crippen molar-refractivity contribution >= 4 is 0 Å². The highest BCUT2D eigenvalue weighted by molar-refractivity contribution is 4.97. The summed E-state index contributed by atoms with van der Waals surface area (Å²) < 4.78 is 0. The summed E-state index contributed by atoms with van der Waals surface area (Å²) in [6.07, 6.45) is 3.93. The summed E-state index contributed by atoms with van der Waals surface area (Å²) >= 11 is 0. The lowest BCUT2D eigenvalue weighted by Crippen LogP contribution is -2.60. The van der Waals surface area contributed by atoms with Crippen molar-refractivity contribution in [3.05, 3.63) is 0 Å². The van der Waals surface area contributed by atoms with Crippen molar-refractivity contribution in [3.8, 4) is 0 Å². The first-order chi connectivity index (χ1) is 7.50. The van der Waals surface area contributed by atoms with Gasteiger partial charge in [-0.3, -0.25) is 4.90 Å². The predicted octanol–water partition coefficient (Wildman–Crippen LogP) is 1.14. The maximum Gasteiger partial charge on any atom is 0.0253 e. The van der Waals surface area contributed by atoms with Gasteiger partial charge in [0.15, 0.2) is 0 Å². The Kier molecular flexibility index (Phi) is 3.57. The molecule has 3 heteroatoms. The van der Waals surface area contributed by atoms with Crippen molar-refractivity contribution in [1.82, 2.24) is 9.80 Å². The highest BCUT2D eigenvalue weighted by Gasteiger charge is 2.39. The average Bonchev–Trinajstić information content (AvgIpc) is 2.24. The van der Waals surface area contributed by atoms with Gasteiger partial charge in [-0.25, -0.2) is 0 Å². The van der Waals surface area contributed by atoms with Crippen LogP contribution in [0.2, 0.25) is 0 Å². The zero-order chi connectivity index (χ0) is 11.8. The summed E-state index contributed by atoms with van der Waals surface area (Å²) in [5.74, 6) is 0. The Morgan fingerprint density at radius 1 is 1.12 bits per heavy atom. The second-order valence-electron chi connectivity index (χ2n) is 6.31. The number of nitrogens with zero attached hydrogens (tertiary/aromatic N) is 2. The molecule has 1 aliphatic carbocycles. The molecule has 0 bridgehead atoms. The van der Waals surface area contributed by atoms with Crippen molar-refractivity contribution in [1.29, 1.82) is 0 Å². The molecule has 0 spiro atoms. The molecular weight excluding hydrogens is 198 g/mol. The maximum absolute atomic E-state index is 6.47. The van der Waals surface area contributed by atoms with E-state index in [4.69, 9.17) is 5.73 Å². The Hall–Kier alpha value is -0.120. The van der Waals surface area contributed by atoms with Gasteiger partial charge < -0.3 is 10.6 Å². The maximum atomic E-state index is 6.47. The fraction of sp³-hybridized carbons (Fsp3) is 1.00. The summed E-state index contributed by atoms with van der Waals surface area (Å²) in [4.78, 5) is 5.04. The Balaban J connectivity index is 1.98. The van der Waals surface area contributed by atoms with E-state index in [0.717, 1.165) is 0 Å². The number of piperazine rings is 1. The van der Waals surface area contributed by atoms with E-state index < -0.39 is 0 Å². The first-order valence-corrected chi connectivity index (χ1v) is 6.69. The van der Waals surface area contributed by atoms with Gasteiger partial charge in [0.05, 0.1) is 0 Å². The predicted molar refractivity (Wildman–Crippen MR) is 68.5 cm³/mol. The van der Waals surface area contributed by atoms with E-state index in [-0.39, 0.29) is 0 Å². The van der Waals surface area contributed by atoms with Gasteiger partial charge in [0.2, 0.25) is 0 Å². The Bertz CT molecular complexity index is 231. The second-order valence-corrected chi connectivity index (χ2v) is 6.31. The van der Waals surface area contributed by atoms with Crippen LogP contribution in [0.1, 0.15) is 33.1 Å². The lowest BCUT2D eigenvalue weighted by Gasteiger charge is -2.48. The van der Waals surface area contributed by atoms with Crippen molar-refractivity contribution < 1.29 is 0 Å². The molecule has 2 atom stereocenters. The van der Waals surface area contributed by atoms with Crippen molar-refractivity contribution in [2.24, 2.45) is 11.1 Å². The van der Waals surface area contributed by atoms with E-state index in [1.54, 1.807) is 0 Å². The Morgan fingerprint density at radius 2 is 1.75 bits per heavy atom. The molecule has 0 aromatic carbocycles. The van der Waals surface area contributed by atoms with Gasteiger partial charge in [-0.1, -0.05) is 20.3 Å². The van der Waals surface area contributed by atoms with E-state index in [2.05, 4.69) is 30.7 Å². The van der Waals surface area contributed by atoms with Crippen LogP contribution < -0.4 is 5.73 Å². The van der Waals surface area contributed by atoms with Crippen LogP contribution in [0.5, 0.6) is 0 Å². The van der Waals surface area contributed by atoms with Crippen molar-refractivity contribution in [3.63, 3.8) is 0 Å². The fourth-order valence-corrected chi connectivity index (χ4v) is 3.20. The quantitative estimate of drug-likeness (QED) is 0.726. The zero-order valence-corrected chi connectivity index (χ0v) is 11.1. The molecule has 0 radical (unpaired) electrons. The summed E-state index contributed by atoms with van der Waals surface area (Å²) in [5.41, 5.74) is 6.79. The molecule has 2 aliphatic rings. The topological polar surface area (TPSA) is 32.5 Å². The molecule has 16 heavy (non-hydrogen) atoms. The largest absolute Gasteiger partial charge is 0.326 e. The lowest BCUT2D eigenvalue weighted by atomic mass is 9.70. The van der Waals surface area contributed by atoms with Gasteiger partial charge in [-0.05, 0) is 25.3 Å². The van der Waals surface area contributed by atoms with Crippen LogP contribution >= 0.6 is 0 Å². The fourth-order valence-electron chi connectivity index (χ4n) is 3.20. The first-order valence-electron chi connectivity index (χ1n) is 6.69. The zero-order valence-electron chi connectivity index (χ0n) is 11.1. The molecule has 0 aromatic heterocycles. The highest BCUT2D eigenvalue weighted by atomic mass is 15.3. The van der Waals surface area contributed by atoms with Crippen molar-refractivity contribution in [2.75, 3.05) is 33.2 Å². The third-order valence-corrected chi connectivity index (χ3v) is 4.64. The SMILES string of the molecule is CN1CCN(C2CCCC(C)(C)C2N)CC1. The minimum absolute atomic E-state index is 0.326. The molecule has 2 N–H and O–H groups in total. The van der Waals surface area contributed by atoms with Gasteiger partial charge in [0.1, 0.15) is 0 Å². The monoisotopic (exact) mass is 225 g/mol. The summed E-state index contributed by atoms with van der Waals surface area (Å²) in [5, 5.41) is 0. The number of rotatable bonds is 1. The minimum Gasteiger partial charge on any atom is -0.326 e. The number of nitrogens with two attached hydrogens (primary N) is 1. The summed E-state index contributed by atoms with van der Waals surface area (Å²) in [7, 11) is 2.21. The third kappa shape index (κ3) is 2.41. The lowest BCUT2D eigenvalue weighted by molar-refractivity contribution is 0.0378. The van der Waals surface area contributed by atoms with Crippen molar-refractivity contribution in [2.45, 2.75) is 45.2 Å². The molecule has 2 rings (SSSR count). The molecule has 0 aromatic rings. The average molecular weight is 225 g/mol. The molecular formula is C13H27N3. The van der Waals surface area contributed by atoms with Crippen LogP contribution in [0, 0.1) is 5.41 Å². The van der Waals surface area contributed by atoms with Crippen LogP contribution in [0.3, 0.4) is 0 Å². The minimum atomic E-state index is 0.326.